The zero-order chi connectivity index (χ0) is 23.5. The van der Waals surface area contributed by atoms with Gasteiger partial charge in [0.1, 0.15) is 17.4 Å². The summed E-state index contributed by atoms with van der Waals surface area (Å²) in [6.07, 6.45) is 4.44. The minimum Gasteiger partial charge on any atom is -0.309 e. The molecule has 7 nitrogen and oxygen atoms in total. The van der Waals surface area contributed by atoms with Crippen molar-refractivity contribution in [3.05, 3.63) is 86.8 Å². The van der Waals surface area contributed by atoms with Gasteiger partial charge in [-0.3, -0.25) is 14.0 Å². The highest BCUT2D eigenvalue weighted by molar-refractivity contribution is 5.95. The van der Waals surface area contributed by atoms with E-state index >= 15 is 0 Å². The number of aromatic nitrogens is 3. The van der Waals surface area contributed by atoms with Gasteiger partial charge in [0, 0.05) is 18.3 Å². The van der Waals surface area contributed by atoms with E-state index in [9.17, 15) is 14.9 Å². The first-order valence-corrected chi connectivity index (χ1v) is 11.1. The van der Waals surface area contributed by atoms with Crippen LogP contribution in [0, 0.1) is 25.2 Å². The average molecular weight is 440 g/mol. The molecule has 0 aliphatic rings. The molecule has 0 spiro atoms. The van der Waals surface area contributed by atoms with Crippen LogP contribution in [0.1, 0.15) is 53.2 Å². The van der Waals surface area contributed by atoms with Gasteiger partial charge >= 0.3 is 0 Å². The summed E-state index contributed by atoms with van der Waals surface area (Å²) in [7, 11) is 0. The molecule has 33 heavy (non-hydrogen) atoms. The Bertz CT molecular complexity index is 1540. The van der Waals surface area contributed by atoms with Crippen LogP contribution in [-0.2, 0) is 6.54 Å². The lowest BCUT2D eigenvalue weighted by Crippen LogP contribution is -2.29. The SMILES string of the molecule is CCCCCn1c(=NC(=O)c2ccc(C)cc2)c(C#N)cc2c(=O)n3cccc(C)c3nc21. The average Bonchev–Trinajstić information content (AvgIpc) is 2.81. The lowest BCUT2D eigenvalue weighted by Gasteiger charge is -2.14. The van der Waals surface area contributed by atoms with E-state index in [4.69, 9.17) is 4.98 Å². The predicted molar refractivity (Wildman–Crippen MR) is 127 cm³/mol. The second kappa shape index (κ2) is 9.21. The number of hydrogen-bond donors (Lipinski definition) is 0. The molecule has 3 heterocycles. The van der Waals surface area contributed by atoms with E-state index in [-0.39, 0.29) is 16.6 Å². The van der Waals surface area contributed by atoms with Crippen LogP contribution < -0.4 is 11.0 Å². The summed E-state index contributed by atoms with van der Waals surface area (Å²) < 4.78 is 3.24. The number of nitrogens with zero attached hydrogens (tertiary/aromatic N) is 5. The minimum atomic E-state index is -0.441. The highest BCUT2D eigenvalue weighted by atomic mass is 16.1. The number of nitriles is 1. The number of aryl methyl sites for hydroxylation is 3. The highest BCUT2D eigenvalue weighted by Crippen LogP contribution is 2.14. The molecule has 0 N–H and O–H groups in total. The fourth-order valence-electron chi connectivity index (χ4n) is 3.88. The van der Waals surface area contributed by atoms with Crippen molar-refractivity contribution < 1.29 is 4.79 Å². The summed E-state index contributed by atoms with van der Waals surface area (Å²) in [6.45, 7) is 6.43. The molecule has 1 amide bonds. The summed E-state index contributed by atoms with van der Waals surface area (Å²) in [5.74, 6) is -0.441. The lowest BCUT2D eigenvalue weighted by molar-refractivity contribution is 0.0997. The Kier molecular flexibility index (Phi) is 6.18. The fourth-order valence-corrected chi connectivity index (χ4v) is 3.88. The molecular formula is C26H25N5O2. The third kappa shape index (κ3) is 4.20. The maximum absolute atomic E-state index is 13.3. The number of carbonyl (C=O) groups is 1. The lowest BCUT2D eigenvalue weighted by atomic mass is 10.1. The summed E-state index contributed by atoms with van der Waals surface area (Å²) in [4.78, 5) is 35.4. The van der Waals surface area contributed by atoms with E-state index in [0.29, 0.717) is 28.8 Å². The monoisotopic (exact) mass is 439 g/mol. The Labute approximate surface area is 191 Å². The van der Waals surface area contributed by atoms with Crippen molar-refractivity contribution in [1.29, 1.82) is 5.26 Å². The van der Waals surface area contributed by atoms with Gasteiger partial charge < -0.3 is 4.57 Å². The zero-order valence-electron chi connectivity index (χ0n) is 19.0. The molecule has 4 aromatic rings. The number of rotatable bonds is 5. The molecule has 0 aliphatic carbocycles. The second-order valence-electron chi connectivity index (χ2n) is 8.17. The molecule has 0 radical (unpaired) electrons. The standard InChI is InChI=1S/C26H25N5O2/c1-4-5-6-13-30-23(29-25(32)19-11-9-17(2)10-12-19)20(16-27)15-21-24(30)28-22-18(3)8-7-14-31(22)26(21)33/h7-12,14-15H,4-6,13H2,1-3H3. The van der Waals surface area contributed by atoms with E-state index < -0.39 is 5.91 Å². The van der Waals surface area contributed by atoms with Crippen LogP contribution in [-0.4, -0.2) is 19.9 Å². The first-order valence-electron chi connectivity index (χ1n) is 11.1. The molecule has 0 unspecified atom stereocenters. The number of benzene rings is 1. The smallest absolute Gasteiger partial charge is 0.278 e. The summed E-state index contributed by atoms with van der Waals surface area (Å²) in [5, 5.41) is 10.2. The molecule has 1 aromatic carbocycles. The van der Waals surface area contributed by atoms with Gasteiger partial charge in [-0.15, -0.1) is 0 Å². The quantitative estimate of drug-likeness (QED) is 0.346. The van der Waals surface area contributed by atoms with Gasteiger partial charge in [-0.2, -0.15) is 10.3 Å². The molecule has 0 bridgehead atoms. The maximum atomic E-state index is 13.3. The van der Waals surface area contributed by atoms with Gasteiger partial charge in [0.15, 0.2) is 5.49 Å². The molecule has 7 heteroatoms. The Hall–Kier alpha value is -4.05. The molecule has 0 saturated carbocycles. The van der Waals surface area contributed by atoms with E-state index in [1.54, 1.807) is 29.0 Å². The van der Waals surface area contributed by atoms with Crippen molar-refractivity contribution in [3.8, 4) is 6.07 Å². The van der Waals surface area contributed by atoms with Crippen molar-refractivity contribution in [3.63, 3.8) is 0 Å². The van der Waals surface area contributed by atoms with Crippen LogP contribution in [0.25, 0.3) is 16.7 Å². The third-order valence-electron chi connectivity index (χ3n) is 5.72. The van der Waals surface area contributed by atoms with Gasteiger partial charge in [-0.25, -0.2) is 4.98 Å². The van der Waals surface area contributed by atoms with Crippen molar-refractivity contribution in [2.75, 3.05) is 0 Å². The van der Waals surface area contributed by atoms with Crippen LogP contribution >= 0.6 is 0 Å². The normalized spacial score (nSPS) is 11.8. The number of hydrogen-bond acceptors (Lipinski definition) is 4. The van der Waals surface area contributed by atoms with Crippen molar-refractivity contribution in [2.45, 2.75) is 46.6 Å². The molecule has 0 saturated heterocycles. The predicted octanol–water partition coefficient (Wildman–Crippen LogP) is 4.07. The molecule has 3 aromatic heterocycles. The van der Waals surface area contributed by atoms with Gasteiger partial charge in [0.05, 0.1) is 10.9 Å². The van der Waals surface area contributed by atoms with E-state index in [0.717, 1.165) is 30.4 Å². The number of unbranched alkanes of at least 4 members (excludes halogenated alkanes) is 2. The van der Waals surface area contributed by atoms with Gasteiger partial charge in [-0.1, -0.05) is 43.5 Å². The Morgan fingerprint density at radius 1 is 1.12 bits per heavy atom. The molecule has 166 valence electrons. The number of pyridine rings is 2. The Balaban J connectivity index is 2.06. The number of carbonyl (C=O) groups excluding carboxylic acids is 1. The number of amides is 1. The minimum absolute atomic E-state index is 0.172. The fraction of sp³-hybridized carbons (Fsp3) is 0.269. The molecular weight excluding hydrogens is 414 g/mol. The van der Waals surface area contributed by atoms with Gasteiger partial charge in [0.25, 0.3) is 11.5 Å². The van der Waals surface area contributed by atoms with Crippen molar-refractivity contribution >= 4 is 22.6 Å². The Morgan fingerprint density at radius 2 is 1.88 bits per heavy atom. The first-order chi connectivity index (χ1) is 15.9. The molecule has 0 atom stereocenters. The maximum Gasteiger partial charge on any atom is 0.278 e. The largest absolute Gasteiger partial charge is 0.309 e. The topological polar surface area (TPSA) is 92.5 Å². The van der Waals surface area contributed by atoms with Crippen molar-refractivity contribution in [2.24, 2.45) is 4.99 Å². The Morgan fingerprint density at radius 3 is 2.58 bits per heavy atom. The second-order valence-corrected chi connectivity index (χ2v) is 8.17. The molecule has 0 aliphatic heterocycles. The van der Waals surface area contributed by atoms with Gasteiger partial charge in [-0.05, 0) is 50.1 Å². The highest BCUT2D eigenvalue weighted by Gasteiger charge is 2.16. The van der Waals surface area contributed by atoms with Crippen LogP contribution in [0.4, 0.5) is 0 Å². The van der Waals surface area contributed by atoms with Crippen molar-refractivity contribution in [1.82, 2.24) is 14.0 Å². The van der Waals surface area contributed by atoms with E-state index in [1.165, 1.54) is 10.5 Å². The van der Waals surface area contributed by atoms with Gasteiger partial charge in [0.2, 0.25) is 0 Å². The molecule has 0 fully saturated rings. The zero-order valence-corrected chi connectivity index (χ0v) is 19.0. The van der Waals surface area contributed by atoms with Crippen LogP contribution in [0.2, 0.25) is 0 Å². The van der Waals surface area contributed by atoms with Crippen LogP contribution in [0.15, 0.2) is 58.4 Å². The van der Waals surface area contributed by atoms with E-state index in [1.807, 2.05) is 32.0 Å². The van der Waals surface area contributed by atoms with Crippen LogP contribution in [0.3, 0.4) is 0 Å². The first kappa shape index (κ1) is 22.2. The molecule has 4 rings (SSSR count). The number of fused-ring (bicyclic) bond motifs is 2. The third-order valence-corrected chi connectivity index (χ3v) is 5.72. The summed E-state index contributed by atoms with van der Waals surface area (Å²) in [6, 6.07) is 14.4. The van der Waals surface area contributed by atoms with Crippen LogP contribution in [0.5, 0.6) is 0 Å². The summed E-state index contributed by atoms with van der Waals surface area (Å²) >= 11 is 0. The van der Waals surface area contributed by atoms with E-state index in [2.05, 4.69) is 18.0 Å². The summed E-state index contributed by atoms with van der Waals surface area (Å²) in [5.41, 5.74) is 3.46.